The van der Waals surface area contributed by atoms with Gasteiger partial charge in [0.25, 0.3) is 0 Å². The maximum atomic E-state index is 13.1. The maximum Gasteiger partial charge on any atom is 0.417 e. The zero-order valence-electron chi connectivity index (χ0n) is 11.3. The van der Waals surface area contributed by atoms with Crippen LogP contribution in [0, 0.1) is 0 Å². The van der Waals surface area contributed by atoms with Gasteiger partial charge in [0.15, 0.2) is 0 Å². The first-order valence-electron chi connectivity index (χ1n) is 6.57. The lowest BCUT2D eigenvalue weighted by atomic mass is 10.1. The van der Waals surface area contributed by atoms with Gasteiger partial charge in [-0.1, -0.05) is 0 Å². The minimum atomic E-state index is -4.44. The molecule has 4 nitrogen and oxygen atoms in total. The minimum Gasteiger partial charge on any atom is -0.373 e. The topological polar surface area (TPSA) is 50.7 Å². The molecule has 0 bridgehead atoms. The Balaban J connectivity index is 2.14. The van der Waals surface area contributed by atoms with Crippen LogP contribution in [0.4, 0.5) is 19.0 Å². The Bertz CT molecular complexity index is 666. The molecule has 0 atom stereocenters. The molecule has 0 aromatic carbocycles. The van der Waals surface area contributed by atoms with Crippen molar-refractivity contribution in [2.45, 2.75) is 24.9 Å². The lowest BCUT2D eigenvalue weighted by Crippen LogP contribution is -2.09. The predicted molar refractivity (Wildman–Crippen MR) is 71.8 cm³/mol. The average Bonchev–Trinajstić information content (AvgIpc) is 3.30. The van der Waals surface area contributed by atoms with Gasteiger partial charge in [-0.05, 0) is 18.9 Å². The van der Waals surface area contributed by atoms with Gasteiger partial charge in [-0.3, -0.25) is 4.98 Å². The first kappa shape index (κ1) is 13.8. The molecule has 0 saturated heterocycles. The highest BCUT2D eigenvalue weighted by Gasteiger charge is 2.34. The summed E-state index contributed by atoms with van der Waals surface area (Å²) in [6, 6.07) is 2.48. The molecular formula is C14H13F3N4. The van der Waals surface area contributed by atoms with Gasteiger partial charge in [0.05, 0.1) is 11.3 Å². The first-order valence-corrected chi connectivity index (χ1v) is 6.57. The molecule has 1 aliphatic rings. The third-order valence-corrected chi connectivity index (χ3v) is 3.34. The summed E-state index contributed by atoms with van der Waals surface area (Å²) >= 11 is 0. The molecule has 110 valence electrons. The molecule has 21 heavy (non-hydrogen) atoms. The molecule has 0 radical (unpaired) electrons. The quantitative estimate of drug-likeness (QED) is 0.941. The molecule has 2 heterocycles. The zero-order valence-corrected chi connectivity index (χ0v) is 11.3. The Morgan fingerprint density at radius 2 is 2.00 bits per heavy atom. The molecule has 1 aliphatic carbocycles. The van der Waals surface area contributed by atoms with Crippen LogP contribution in [-0.2, 0) is 6.18 Å². The van der Waals surface area contributed by atoms with Crippen LogP contribution in [0.5, 0.6) is 0 Å². The molecule has 0 unspecified atom stereocenters. The van der Waals surface area contributed by atoms with Crippen molar-refractivity contribution in [3.63, 3.8) is 0 Å². The number of nitrogens with zero attached hydrogens (tertiary/aromatic N) is 3. The number of halogens is 3. The second-order valence-electron chi connectivity index (χ2n) is 4.94. The van der Waals surface area contributed by atoms with Crippen molar-refractivity contribution in [2.75, 3.05) is 12.4 Å². The van der Waals surface area contributed by atoms with Crippen molar-refractivity contribution < 1.29 is 13.2 Å². The highest BCUT2D eigenvalue weighted by molar-refractivity contribution is 5.66. The van der Waals surface area contributed by atoms with E-state index in [4.69, 9.17) is 0 Å². The number of hydrogen-bond acceptors (Lipinski definition) is 4. The lowest BCUT2D eigenvalue weighted by Gasteiger charge is -2.13. The Labute approximate surface area is 119 Å². The van der Waals surface area contributed by atoms with Crippen LogP contribution in [-0.4, -0.2) is 22.0 Å². The van der Waals surface area contributed by atoms with Gasteiger partial charge >= 0.3 is 6.18 Å². The molecule has 0 aliphatic heterocycles. The molecule has 0 spiro atoms. The van der Waals surface area contributed by atoms with E-state index in [0.717, 1.165) is 25.1 Å². The number of alkyl halides is 3. The highest BCUT2D eigenvalue weighted by Crippen LogP contribution is 2.40. The third-order valence-electron chi connectivity index (χ3n) is 3.34. The number of rotatable bonds is 3. The van der Waals surface area contributed by atoms with Crippen LogP contribution in [0.2, 0.25) is 0 Å². The SMILES string of the molecule is CNc1cc(-c2cnccc2C(F)(F)F)nc(C2CC2)n1. The number of anilines is 1. The Kier molecular flexibility index (Phi) is 3.27. The van der Waals surface area contributed by atoms with Crippen LogP contribution in [0.25, 0.3) is 11.3 Å². The van der Waals surface area contributed by atoms with E-state index >= 15 is 0 Å². The molecule has 2 aromatic rings. The summed E-state index contributed by atoms with van der Waals surface area (Å²) in [6.45, 7) is 0. The highest BCUT2D eigenvalue weighted by atomic mass is 19.4. The van der Waals surface area contributed by atoms with Gasteiger partial charge in [-0.2, -0.15) is 13.2 Å². The summed E-state index contributed by atoms with van der Waals surface area (Å²) in [7, 11) is 1.68. The van der Waals surface area contributed by atoms with E-state index in [-0.39, 0.29) is 17.2 Å². The normalized spacial score (nSPS) is 15.0. The third kappa shape index (κ3) is 2.81. The van der Waals surface area contributed by atoms with Gasteiger partial charge in [0.2, 0.25) is 0 Å². The summed E-state index contributed by atoms with van der Waals surface area (Å²) in [6.07, 6.45) is -0.157. The number of pyridine rings is 1. The number of aromatic nitrogens is 3. The molecule has 1 fully saturated rings. The standard InChI is InChI=1S/C14H13F3N4/c1-18-12-6-11(20-13(21-12)8-2-3-8)9-7-19-5-4-10(9)14(15,16)17/h4-8H,2-3H2,1H3,(H,18,20,21). The summed E-state index contributed by atoms with van der Waals surface area (Å²) < 4.78 is 39.3. The predicted octanol–water partition coefficient (Wildman–Crippen LogP) is 3.48. The van der Waals surface area contributed by atoms with Gasteiger partial charge in [-0.25, -0.2) is 9.97 Å². The van der Waals surface area contributed by atoms with Crippen LogP contribution in [0.15, 0.2) is 24.5 Å². The second-order valence-corrected chi connectivity index (χ2v) is 4.94. The molecule has 3 rings (SSSR count). The lowest BCUT2D eigenvalue weighted by molar-refractivity contribution is -0.137. The number of nitrogens with one attached hydrogen (secondary N) is 1. The van der Waals surface area contributed by atoms with Gasteiger partial charge in [0.1, 0.15) is 11.6 Å². The van der Waals surface area contributed by atoms with Crippen molar-refractivity contribution >= 4 is 5.82 Å². The van der Waals surface area contributed by atoms with E-state index in [1.807, 2.05) is 0 Å². The minimum absolute atomic E-state index is 0.0224. The van der Waals surface area contributed by atoms with Crippen LogP contribution < -0.4 is 5.32 Å². The van der Waals surface area contributed by atoms with Crippen LogP contribution >= 0.6 is 0 Å². The van der Waals surface area contributed by atoms with Crippen LogP contribution in [0.1, 0.15) is 30.1 Å². The van der Waals surface area contributed by atoms with Crippen molar-refractivity contribution in [1.29, 1.82) is 0 Å². The second kappa shape index (κ2) is 4.98. The molecule has 7 heteroatoms. The molecule has 2 aromatic heterocycles. The molecule has 1 saturated carbocycles. The molecule has 1 N–H and O–H groups in total. The monoisotopic (exact) mass is 294 g/mol. The van der Waals surface area contributed by atoms with E-state index in [0.29, 0.717) is 11.6 Å². The van der Waals surface area contributed by atoms with Crippen molar-refractivity contribution in [2.24, 2.45) is 0 Å². The Hall–Kier alpha value is -2.18. The summed E-state index contributed by atoms with van der Waals surface area (Å²) in [4.78, 5) is 12.4. The summed E-state index contributed by atoms with van der Waals surface area (Å²) in [5, 5.41) is 2.87. The van der Waals surface area contributed by atoms with Crippen molar-refractivity contribution in [3.05, 3.63) is 35.9 Å². The molecule has 0 amide bonds. The Morgan fingerprint density at radius 1 is 1.24 bits per heavy atom. The fourth-order valence-electron chi connectivity index (χ4n) is 2.10. The smallest absolute Gasteiger partial charge is 0.373 e. The van der Waals surface area contributed by atoms with E-state index < -0.39 is 11.7 Å². The van der Waals surface area contributed by atoms with E-state index in [1.54, 1.807) is 7.05 Å². The van der Waals surface area contributed by atoms with Gasteiger partial charge in [-0.15, -0.1) is 0 Å². The summed E-state index contributed by atoms with van der Waals surface area (Å²) in [5.41, 5.74) is -0.512. The largest absolute Gasteiger partial charge is 0.417 e. The van der Waals surface area contributed by atoms with Crippen LogP contribution in [0.3, 0.4) is 0 Å². The fourth-order valence-corrected chi connectivity index (χ4v) is 2.10. The fraction of sp³-hybridized carbons (Fsp3) is 0.357. The van der Waals surface area contributed by atoms with Gasteiger partial charge in [0, 0.05) is 37.0 Å². The average molecular weight is 294 g/mol. The van der Waals surface area contributed by atoms with E-state index in [1.165, 1.54) is 12.3 Å². The van der Waals surface area contributed by atoms with Gasteiger partial charge < -0.3 is 5.32 Å². The van der Waals surface area contributed by atoms with E-state index in [2.05, 4.69) is 20.3 Å². The van der Waals surface area contributed by atoms with Crippen molar-refractivity contribution in [3.8, 4) is 11.3 Å². The zero-order chi connectivity index (χ0) is 15.0. The first-order chi connectivity index (χ1) is 9.99. The maximum absolute atomic E-state index is 13.1. The van der Waals surface area contributed by atoms with E-state index in [9.17, 15) is 13.2 Å². The van der Waals surface area contributed by atoms with Crippen molar-refractivity contribution in [1.82, 2.24) is 15.0 Å². The summed E-state index contributed by atoms with van der Waals surface area (Å²) in [5.74, 6) is 1.36. The Morgan fingerprint density at radius 3 is 2.62 bits per heavy atom. The number of hydrogen-bond donors (Lipinski definition) is 1. The molecular weight excluding hydrogens is 281 g/mol.